The quantitative estimate of drug-likeness (QED) is 0.311. The van der Waals surface area contributed by atoms with Crippen LogP contribution in [0.5, 0.6) is 0 Å². The van der Waals surface area contributed by atoms with Gasteiger partial charge in [-0.05, 0) is 42.3 Å². The zero-order valence-electron chi connectivity index (χ0n) is 18.6. The summed E-state index contributed by atoms with van der Waals surface area (Å²) >= 11 is 0. The molecule has 6 heteroatoms. The Labute approximate surface area is 191 Å². The lowest BCUT2D eigenvalue weighted by molar-refractivity contribution is 0.0600. The summed E-state index contributed by atoms with van der Waals surface area (Å²) in [4.78, 5) is 43.1. The first-order chi connectivity index (χ1) is 16.0. The number of ketones is 1. The van der Waals surface area contributed by atoms with E-state index in [2.05, 4.69) is 0 Å². The largest absolute Gasteiger partial charge is 0.465 e. The predicted octanol–water partition coefficient (Wildman–Crippen LogP) is 4.55. The minimum atomic E-state index is -0.460. The second kappa shape index (κ2) is 9.61. The Morgan fingerprint density at radius 1 is 0.909 bits per heavy atom. The van der Waals surface area contributed by atoms with Crippen molar-refractivity contribution in [2.45, 2.75) is 26.2 Å². The summed E-state index contributed by atoms with van der Waals surface area (Å²) in [6.45, 7) is 2.05. The topological polar surface area (TPSA) is 78.3 Å². The van der Waals surface area contributed by atoms with E-state index in [1.165, 1.54) is 7.11 Å². The monoisotopic (exact) mass is 440 g/mol. The molecule has 0 aliphatic heterocycles. The van der Waals surface area contributed by atoms with Crippen LogP contribution in [0.4, 0.5) is 0 Å². The average molecular weight is 440 g/mol. The van der Waals surface area contributed by atoms with Crippen molar-refractivity contribution in [3.8, 4) is 5.69 Å². The second-order valence-electron chi connectivity index (χ2n) is 7.73. The van der Waals surface area contributed by atoms with E-state index in [0.29, 0.717) is 39.8 Å². The number of aromatic nitrogens is 2. The van der Waals surface area contributed by atoms with E-state index in [1.807, 2.05) is 49.4 Å². The van der Waals surface area contributed by atoms with Crippen LogP contribution in [0.2, 0.25) is 0 Å². The van der Waals surface area contributed by atoms with Crippen molar-refractivity contribution in [1.29, 1.82) is 0 Å². The summed E-state index contributed by atoms with van der Waals surface area (Å²) < 4.78 is 6.34. The number of benzene rings is 3. The maximum Gasteiger partial charge on any atom is 0.337 e. The first-order valence-electron chi connectivity index (χ1n) is 10.8. The highest BCUT2D eigenvalue weighted by atomic mass is 16.5. The van der Waals surface area contributed by atoms with Crippen molar-refractivity contribution >= 4 is 22.7 Å². The van der Waals surface area contributed by atoms with Crippen molar-refractivity contribution in [2.24, 2.45) is 0 Å². The van der Waals surface area contributed by atoms with Gasteiger partial charge in [0.15, 0.2) is 5.78 Å². The lowest BCUT2D eigenvalue weighted by Gasteiger charge is -2.15. The Morgan fingerprint density at radius 3 is 2.27 bits per heavy atom. The Balaban J connectivity index is 1.78. The summed E-state index contributed by atoms with van der Waals surface area (Å²) in [5, 5.41) is 0.445. The molecular formula is C27H24N2O4. The molecule has 0 atom stereocenters. The van der Waals surface area contributed by atoms with E-state index in [-0.39, 0.29) is 17.8 Å². The standard InChI is InChI=1S/C27H24N2O4/c1-3-8-24-28-22-12-7-9-20(25(22)26(31)29(24)21-10-5-4-6-11-21)17-23(30)18-13-15-19(16-14-18)27(32)33-2/h4-7,9-16H,3,8,17H2,1-2H3. The molecule has 0 bridgehead atoms. The third-order valence-corrected chi connectivity index (χ3v) is 5.52. The highest BCUT2D eigenvalue weighted by Crippen LogP contribution is 2.19. The molecule has 0 saturated heterocycles. The van der Waals surface area contributed by atoms with E-state index in [9.17, 15) is 14.4 Å². The number of methoxy groups -OCH3 is 1. The summed E-state index contributed by atoms with van der Waals surface area (Å²) in [5.41, 5.74) is 2.61. The van der Waals surface area contributed by atoms with Crippen LogP contribution in [0.25, 0.3) is 16.6 Å². The number of carbonyl (C=O) groups excluding carboxylic acids is 2. The van der Waals surface area contributed by atoms with Gasteiger partial charge >= 0.3 is 5.97 Å². The van der Waals surface area contributed by atoms with Crippen LogP contribution in [0.3, 0.4) is 0 Å². The molecule has 33 heavy (non-hydrogen) atoms. The van der Waals surface area contributed by atoms with Gasteiger partial charge in [-0.2, -0.15) is 0 Å². The number of ether oxygens (including phenoxy) is 1. The van der Waals surface area contributed by atoms with Gasteiger partial charge in [0.2, 0.25) is 0 Å². The van der Waals surface area contributed by atoms with Crippen LogP contribution in [0, 0.1) is 0 Å². The van der Waals surface area contributed by atoms with Crippen LogP contribution < -0.4 is 5.56 Å². The van der Waals surface area contributed by atoms with E-state index in [1.54, 1.807) is 34.9 Å². The number of esters is 1. The number of fused-ring (bicyclic) bond motifs is 1. The smallest absolute Gasteiger partial charge is 0.337 e. The highest BCUT2D eigenvalue weighted by molar-refractivity contribution is 6.00. The summed E-state index contributed by atoms with van der Waals surface area (Å²) in [6.07, 6.45) is 1.56. The Hall–Kier alpha value is -4.06. The fourth-order valence-corrected chi connectivity index (χ4v) is 3.91. The van der Waals surface area contributed by atoms with E-state index >= 15 is 0 Å². The van der Waals surface area contributed by atoms with Gasteiger partial charge in [-0.25, -0.2) is 9.78 Å². The summed E-state index contributed by atoms with van der Waals surface area (Å²) in [5.74, 6) is 0.0868. The first kappa shape index (κ1) is 22.1. The normalized spacial score (nSPS) is 10.8. The second-order valence-corrected chi connectivity index (χ2v) is 7.73. The van der Waals surface area contributed by atoms with Crippen molar-refractivity contribution in [3.63, 3.8) is 0 Å². The third-order valence-electron chi connectivity index (χ3n) is 5.52. The number of Topliss-reactive ketones (excluding diaryl/α,β-unsaturated/α-hetero) is 1. The fraction of sp³-hybridized carbons (Fsp3) is 0.185. The molecule has 0 spiro atoms. The molecule has 4 aromatic rings. The molecule has 0 radical (unpaired) electrons. The van der Waals surface area contributed by atoms with Gasteiger partial charge < -0.3 is 4.74 Å². The van der Waals surface area contributed by atoms with Crippen LogP contribution >= 0.6 is 0 Å². The Morgan fingerprint density at radius 2 is 1.61 bits per heavy atom. The van der Waals surface area contributed by atoms with Gasteiger partial charge in [-0.1, -0.05) is 49.4 Å². The van der Waals surface area contributed by atoms with Crippen molar-refractivity contribution < 1.29 is 14.3 Å². The van der Waals surface area contributed by atoms with Crippen LogP contribution in [-0.2, 0) is 17.6 Å². The predicted molar refractivity (Wildman–Crippen MR) is 127 cm³/mol. The molecule has 3 aromatic carbocycles. The minimum Gasteiger partial charge on any atom is -0.465 e. The number of carbonyl (C=O) groups is 2. The number of nitrogens with zero attached hydrogens (tertiary/aromatic N) is 2. The molecule has 166 valence electrons. The zero-order valence-corrected chi connectivity index (χ0v) is 18.6. The molecule has 1 heterocycles. The molecule has 0 amide bonds. The minimum absolute atomic E-state index is 0.0494. The summed E-state index contributed by atoms with van der Waals surface area (Å²) in [6, 6.07) is 21.2. The molecule has 0 N–H and O–H groups in total. The van der Waals surface area contributed by atoms with Gasteiger partial charge in [0.25, 0.3) is 5.56 Å². The number of para-hydroxylation sites is 1. The van der Waals surface area contributed by atoms with Crippen LogP contribution in [0.15, 0.2) is 77.6 Å². The van der Waals surface area contributed by atoms with Crippen molar-refractivity contribution in [2.75, 3.05) is 7.11 Å². The Bertz CT molecular complexity index is 1370. The number of hydrogen-bond donors (Lipinski definition) is 0. The lowest BCUT2D eigenvalue weighted by Crippen LogP contribution is -2.25. The lowest BCUT2D eigenvalue weighted by atomic mass is 9.99. The third kappa shape index (κ3) is 4.46. The van der Waals surface area contributed by atoms with Crippen molar-refractivity contribution in [3.05, 3.63) is 106 Å². The van der Waals surface area contributed by atoms with E-state index < -0.39 is 5.97 Å². The van der Waals surface area contributed by atoms with Gasteiger partial charge in [-0.3, -0.25) is 14.2 Å². The molecule has 0 unspecified atom stereocenters. The van der Waals surface area contributed by atoms with Gasteiger partial charge in [0.05, 0.1) is 29.3 Å². The molecule has 6 nitrogen and oxygen atoms in total. The van der Waals surface area contributed by atoms with Gasteiger partial charge in [0, 0.05) is 18.4 Å². The van der Waals surface area contributed by atoms with Gasteiger partial charge in [-0.15, -0.1) is 0 Å². The maximum absolute atomic E-state index is 13.7. The van der Waals surface area contributed by atoms with Crippen LogP contribution in [-0.4, -0.2) is 28.4 Å². The highest BCUT2D eigenvalue weighted by Gasteiger charge is 2.17. The molecule has 1 aromatic heterocycles. The molecule has 4 rings (SSSR count). The van der Waals surface area contributed by atoms with Crippen LogP contribution in [0.1, 0.15) is 45.4 Å². The number of aryl methyl sites for hydroxylation is 1. The number of hydrogen-bond acceptors (Lipinski definition) is 5. The Kier molecular flexibility index (Phi) is 6.45. The molecular weight excluding hydrogens is 416 g/mol. The fourth-order valence-electron chi connectivity index (χ4n) is 3.91. The van der Waals surface area contributed by atoms with Gasteiger partial charge in [0.1, 0.15) is 5.82 Å². The maximum atomic E-state index is 13.7. The first-order valence-corrected chi connectivity index (χ1v) is 10.8. The number of rotatable bonds is 7. The SMILES string of the molecule is CCCc1nc2cccc(CC(=O)c3ccc(C(=O)OC)cc3)c2c(=O)n1-c1ccccc1. The molecule has 0 aliphatic rings. The molecule has 0 aliphatic carbocycles. The summed E-state index contributed by atoms with van der Waals surface area (Å²) in [7, 11) is 1.31. The molecule has 0 saturated carbocycles. The van der Waals surface area contributed by atoms with Crippen molar-refractivity contribution in [1.82, 2.24) is 9.55 Å². The van der Waals surface area contributed by atoms with E-state index in [4.69, 9.17) is 9.72 Å². The van der Waals surface area contributed by atoms with E-state index in [0.717, 1.165) is 12.1 Å². The molecule has 0 fully saturated rings. The zero-order chi connectivity index (χ0) is 23.4. The average Bonchev–Trinajstić information content (AvgIpc) is 2.84.